The Labute approximate surface area is 696 Å². The van der Waals surface area contributed by atoms with Gasteiger partial charge in [-0.1, -0.05) is 527 Å². The van der Waals surface area contributed by atoms with Crippen LogP contribution in [0.4, 0.5) is 0 Å². The van der Waals surface area contributed by atoms with E-state index in [-0.39, 0.29) is 16.5 Å². The maximum absolute atomic E-state index is 12.2. The molecular weight excluding hydrogens is 1360 g/mol. The van der Waals surface area contributed by atoms with Crippen molar-refractivity contribution < 1.29 is 21.2 Å². The summed E-state index contributed by atoms with van der Waals surface area (Å²) < 4.78 is 1.51. The molecule has 0 amide bonds. The first-order chi connectivity index (χ1) is 53.5. The van der Waals surface area contributed by atoms with Crippen LogP contribution in [-0.4, -0.2) is 4.70 Å². The molecule has 2 aromatic carbocycles. The van der Waals surface area contributed by atoms with Gasteiger partial charge in [0.1, 0.15) is 5.57 Å². The Morgan fingerprint density at radius 3 is 0.725 bits per heavy atom. The van der Waals surface area contributed by atoms with Crippen LogP contribution in [0, 0.1) is 25.7 Å². The fraction of sp³-hybridized carbons (Fsp3) is 0.811. The Morgan fingerprint density at radius 2 is 0.477 bits per heavy atom. The third kappa shape index (κ3) is 67.5. The van der Waals surface area contributed by atoms with Crippen molar-refractivity contribution >= 4 is 11.4 Å². The minimum absolute atomic E-state index is 0. The molecule has 0 atom stereocenters. The smallest absolute Gasteiger partial charge is 0.493 e. The van der Waals surface area contributed by atoms with E-state index in [4.69, 9.17) is 0 Å². The van der Waals surface area contributed by atoms with Crippen LogP contribution in [-0.2, 0) is 29.3 Å². The first kappa shape index (κ1) is 107. The van der Waals surface area contributed by atoms with E-state index in [1.807, 2.05) is 0 Å². The fourth-order valence-corrected chi connectivity index (χ4v) is 16.4. The number of unbranched alkanes of at least 4 members (excludes halogenated alkanes) is 71. The topological polar surface area (TPSA) is 25.3 Å². The number of hydrogen-bond acceptors (Lipinski definition) is 0. The Bertz CT molecular complexity index is 2230. The van der Waals surface area contributed by atoms with Crippen molar-refractivity contribution in [2.75, 3.05) is 0 Å². The molecule has 0 radical (unpaired) electrons. The molecular formula is C106H190N2Ni. The third-order valence-corrected chi connectivity index (χ3v) is 23.6. The van der Waals surface area contributed by atoms with E-state index in [1.165, 1.54) is 477 Å². The van der Waals surface area contributed by atoms with E-state index < -0.39 is 0 Å². The van der Waals surface area contributed by atoms with Crippen LogP contribution in [0.25, 0.3) is 16.9 Å². The standard InChI is InChI=1S/C60H96N2.2C23H47.Ni/c1-5-9-13-14-15-16-17-18-19-20-21-22-23-24-25-26-27-28-29-30-31-32-33-34-35-36-37-40-50-58-57(49-12-8-4)59(55-47-41-45-53(51-55)43-38-10-6-2)62(61)60(58)56-48-42-46-54(52-56)44-39-11-7-3;2*1-3-5-7-9-11-13-15-17-19-21-23-22-20-18-16-14-12-10-8-6-4-2;/h41-42,45-48,51-52H,5-39,43-44,49H2,1-4H3;2*1,3-23H2,2H3;/q;2*-1;+2. The van der Waals surface area contributed by atoms with Crippen LogP contribution in [0.15, 0.2) is 59.7 Å². The predicted molar refractivity (Wildman–Crippen MR) is 490 cm³/mol. The summed E-state index contributed by atoms with van der Waals surface area (Å²) in [4.78, 5) is 0. The van der Waals surface area contributed by atoms with E-state index >= 15 is 0 Å². The van der Waals surface area contributed by atoms with Crippen LogP contribution >= 0.6 is 0 Å². The molecule has 109 heavy (non-hydrogen) atoms. The van der Waals surface area contributed by atoms with Gasteiger partial charge in [-0.25, -0.2) is 4.70 Å². The zero-order valence-corrected chi connectivity index (χ0v) is 75.8. The van der Waals surface area contributed by atoms with Gasteiger partial charge < -0.3 is 19.4 Å². The Kier molecular flexibility index (Phi) is 86.0. The summed E-state index contributed by atoms with van der Waals surface area (Å²) in [6, 6.07) is 17.8. The minimum atomic E-state index is 0. The largest absolute Gasteiger partial charge is 2.00 e. The maximum atomic E-state index is 12.2. The SMILES string of the molecule is CCCCCCCCCCCCCCCCCCCCCCCCCCCCC#CC1=C(c2cccc(CCCCC)c2)[N+](=[N-])C(c2cccc(CCCCC)c2)=C1CCCC.[CH2-]CCCCCCCCCCCCCCCCCCCCCC.[CH2-]CCCCCCCCCCCCCCCCCCCCCC.[Ni+2]. The van der Waals surface area contributed by atoms with Crippen molar-refractivity contribution in [1.82, 2.24) is 0 Å². The molecule has 3 heteroatoms. The zero-order chi connectivity index (χ0) is 77.8. The van der Waals surface area contributed by atoms with Gasteiger partial charge in [0, 0.05) is 23.1 Å². The third-order valence-electron chi connectivity index (χ3n) is 23.6. The number of rotatable bonds is 79. The molecule has 0 fully saturated rings. The normalized spacial score (nSPS) is 12.0. The van der Waals surface area contributed by atoms with Crippen molar-refractivity contribution in [3.05, 3.63) is 101 Å². The molecule has 1 aliphatic heterocycles. The Balaban J connectivity index is 0.00000202. The van der Waals surface area contributed by atoms with Gasteiger partial charge in [-0.05, 0) is 80.3 Å². The summed E-state index contributed by atoms with van der Waals surface area (Å²) in [5, 5.41) is 0. The molecule has 2 nitrogen and oxygen atoms in total. The second kappa shape index (κ2) is 87.9. The summed E-state index contributed by atoms with van der Waals surface area (Å²) >= 11 is 0. The van der Waals surface area contributed by atoms with Crippen LogP contribution in [0.2, 0.25) is 0 Å². The van der Waals surface area contributed by atoms with Crippen LogP contribution in [0.1, 0.15) is 565 Å². The van der Waals surface area contributed by atoms with Gasteiger partial charge in [0.05, 0.1) is 0 Å². The predicted octanol–water partition coefficient (Wildman–Crippen LogP) is 38.1. The summed E-state index contributed by atoms with van der Waals surface area (Å²) in [7, 11) is 0. The quantitative estimate of drug-likeness (QED) is 0.0207. The molecule has 0 aromatic heterocycles. The molecule has 0 spiro atoms. The van der Waals surface area contributed by atoms with Crippen LogP contribution in [0.5, 0.6) is 0 Å². The van der Waals surface area contributed by atoms with Gasteiger partial charge in [-0.15, -0.1) is 0 Å². The maximum Gasteiger partial charge on any atom is 2.00 e. The number of nitrogens with zero attached hydrogens (tertiary/aromatic N) is 2. The van der Waals surface area contributed by atoms with Gasteiger partial charge in [0.25, 0.3) is 0 Å². The molecule has 0 unspecified atom stereocenters. The molecule has 0 saturated carbocycles. The van der Waals surface area contributed by atoms with Gasteiger partial charge >= 0.3 is 16.5 Å². The van der Waals surface area contributed by atoms with Crippen molar-refractivity contribution in [2.45, 2.75) is 555 Å². The van der Waals surface area contributed by atoms with Crippen molar-refractivity contribution in [3.8, 4) is 11.8 Å². The molecule has 1 heterocycles. The molecule has 0 saturated heterocycles. The number of benzene rings is 2. The number of aryl methyl sites for hydroxylation is 2. The van der Waals surface area contributed by atoms with Crippen molar-refractivity contribution in [3.63, 3.8) is 0 Å². The monoisotopic (exact) mass is 1550 g/mol. The summed E-state index contributed by atoms with van der Waals surface area (Å²) in [6.45, 7) is 21.5. The van der Waals surface area contributed by atoms with Crippen LogP contribution in [0.3, 0.4) is 0 Å². The molecule has 1 aliphatic rings. The average Bonchev–Trinajstić information content (AvgIpc) is 1.61. The zero-order valence-electron chi connectivity index (χ0n) is 74.8. The van der Waals surface area contributed by atoms with E-state index in [9.17, 15) is 5.53 Å². The summed E-state index contributed by atoms with van der Waals surface area (Å²) in [5.74, 6) is 7.30. The van der Waals surface area contributed by atoms with Gasteiger partial charge in [-0.3, -0.25) is 0 Å². The molecule has 0 bridgehead atoms. The van der Waals surface area contributed by atoms with Crippen molar-refractivity contribution in [2.24, 2.45) is 0 Å². The Morgan fingerprint density at radius 1 is 0.257 bits per heavy atom. The van der Waals surface area contributed by atoms with Crippen LogP contribution < -0.4 is 0 Å². The van der Waals surface area contributed by atoms with E-state index in [0.717, 1.165) is 85.9 Å². The van der Waals surface area contributed by atoms with Gasteiger partial charge in [-0.2, -0.15) is 12.8 Å². The number of hydrogen-bond donors (Lipinski definition) is 0. The molecule has 3 rings (SSSR count). The fourth-order valence-electron chi connectivity index (χ4n) is 16.4. The first-order valence-corrected chi connectivity index (χ1v) is 49.7. The second-order valence-corrected chi connectivity index (χ2v) is 34.3. The van der Waals surface area contributed by atoms with E-state index in [1.54, 1.807) is 0 Å². The molecule has 2 aromatic rings. The first-order valence-electron chi connectivity index (χ1n) is 49.7. The second-order valence-electron chi connectivity index (χ2n) is 34.3. The summed E-state index contributed by atoms with van der Waals surface area (Å²) in [6.07, 6.45) is 111. The molecule has 0 aliphatic carbocycles. The summed E-state index contributed by atoms with van der Waals surface area (Å²) in [5.41, 5.74) is 21.1. The van der Waals surface area contributed by atoms with Gasteiger partial charge in [0.15, 0.2) is 0 Å². The molecule has 0 N–H and O–H groups in total. The van der Waals surface area contributed by atoms with Crippen molar-refractivity contribution in [1.29, 1.82) is 0 Å². The van der Waals surface area contributed by atoms with Gasteiger partial charge in [0.2, 0.25) is 11.4 Å². The van der Waals surface area contributed by atoms with E-state index in [2.05, 4.69) is 116 Å². The minimum Gasteiger partial charge on any atom is -0.493 e. The van der Waals surface area contributed by atoms with E-state index in [0.29, 0.717) is 0 Å². The molecule has 634 valence electrons. The number of allylic oxidation sites excluding steroid dienone is 2. The Hall–Kier alpha value is -2.43. The average molecular weight is 1550 g/mol.